The van der Waals surface area contributed by atoms with E-state index in [1.165, 1.54) is 17.8 Å². The summed E-state index contributed by atoms with van der Waals surface area (Å²) in [5.74, 6) is -6.71. The molecular weight excluding hydrogens is 1270 g/mol. The molecule has 6 aliphatic rings. The summed E-state index contributed by atoms with van der Waals surface area (Å²) in [6, 6.07) is 1.85. The standard InChI is InChI=1S/C62H86N13O14P.CN.Co/c1-29-20-39-40(21-30(29)2)75(28-70-39)57-52(84)53(41(27-76)87-57)89-90(85,86)88-31(3)26-69-49(83)18-19-59(8)37(22-46(66)80)56-62(11)61(10,25-48(68)82)36(14-17-45(65)79)51(74-62)33(5)55-60(9,24-47(67)81)34(12-15-43(63)77)38(71-55)23-42-58(6,7)35(13-16-44(64)78)50(72-42)32(4)54(59)73-56;1-2;/h20-21,23,28,31,35,37,41,50,53,56,76,84H,12-19,22,24-27H2,1-11H3,(H2,63,77)(H2,64,78)(H2,65,79)(H2,66,80)(H2,67,81)(H2,68,82)(H,69,83)(H,85,86);;/q-4;-1;/b42-23-,54-32-,55-33-;;/t31-,35-,37+,41-,50-,53-,56-,59-,60+,61+,62+;;/m1../s1. The van der Waals surface area contributed by atoms with Gasteiger partial charge in [0.25, 0.3) is 0 Å². The summed E-state index contributed by atoms with van der Waals surface area (Å²) in [6.45, 7) is 23.7. The fraction of sp³-hybridized carbons (Fsp3) is 0.571. The van der Waals surface area contributed by atoms with Crippen LogP contribution in [-0.4, -0.2) is 115 Å². The molecule has 0 aliphatic carbocycles. The Balaban J connectivity index is 0.00000453. The summed E-state index contributed by atoms with van der Waals surface area (Å²) in [4.78, 5) is 109. The van der Waals surface area contributed by atoms with Gasteiger partial charge in [0.2, 0.25) is 47.2 Å². The van der Waals surface area contributed by atoms with Crippen molar-refractivity contribution in [2.75, 3.05) is 13.2 Å². The maximum atomic E-state index is 14.4. The molecule has 6 aliphatic heterocycles. The number of benzene rings is 1. The number of allylic oxidation sites excluding steroid dienone is 5. The number of carbonyl (C=O) groups excluding carboxylic acids is 7. The maximum absolute atomic E-state index is 14.4. The molecular formula is C63H86CoN14O14P-5. The fourth-order valence-corrected chi connectivity index (χ4v) is 15.8. The summed E-state index contributed by atoms with van der Waals surface area (Å²) in [5.41, 5.74) is 36.8. The van der Waals surface area contributed by atoms with Crippen molar-refractivity contribution in [2.24, 2.45) is 67.9 Å². The van der Waals surface area contributed by atoms with Gasteiger partial charge in [-0.2, -0.15) is 11.4 Å². The van der Waals surface area contributed by atoms with Crippen molar-refractivity contribution in [2.45, 2.75) is 183 Å². The van der Waals surface area contributed by atoms with E-state index in [4.69, 9.17) is 81.3 Å². The molecule has 0 spiro atoms. The number of primary amides is 6. The van der Waals surface area contributed by atoms with E-state index in [1.54, 1.807) is 33.8 Å². The van der Waals surface area contributed by atoms with Crippen molar-refractivity contribution >= 4 is 66.1 Å². The number of ether oxygens (including phenoxy) is 1. The van der Waals surface area contributed by atoms with E-state index in [1.807, 2.05) is 53.7 Å². The SMILES string of the molecule is C/C1=C2/[N-]C(=C(CCC(N)=O)[C@]2(C)CC(N)=O)/C=C2\[N-][C@H](/C(C)=C3\[N-][C@H]([C@H](CC(N)=O)[C@@]3(C)CCC(=O)NC[C@@H](C)OP(=O)(O)O[C@H]3C(O)=C(n4cnc5cc(C)c(C)cc54)O[C@@H]3CO)[C@]3(C)[N-]C1=C(CCC(N)=O)[C@]3(C)CC(N)=O)[C@@H](CCC(N)=O)C2(C)C.[C-]#N.[Co]. The van der Waals surface area contributed by atoms with Gasteiger partial charge in [0.15, 0.2) is 18.0 Å². The van der Waals surface area contributed by atoms with Crippen LogP contribution in [0.2, 0.25) is 0 Å². The number of phosphoric ester groups is 1. The van der Waals surface area contributed by atoms with Gasteiger partial charge in [-0.25, -0.2) is 9.55 Å². The van der Waals surface area contributed by atoms with Crippen LogP contribution < -0.4 is 39.7 Å². The molecule has 8 bridgehead atoms. The zero-order valence-electron chi connectivity index (χ0n) is 54.3. The molecule has 2 fully saturated rings. The van der Waals surface area contributed by atoms with Crippen molar-refractivity contribution in [1.82, 2.24) is 14.9 Å². The second-order valence-electron chi connectivity index (χ2n) is 26.4. The summed E-state index contributed by atoms with van der Waals surface area (Å²) >= 11 is 0. The Morgan fingerprint density at radius 3 is 2.01 bits per heavy atom. The minimum Gasteiger partial charge on any atom is -0.685 e. The first-order valence-corrected chi connectivity index (χ1v) is 31.9. The van der Waals surface area contributed by atoms with E-state index in [-0.39, 0.29) is 99.8 Å². The number of rotatable bonds is 26. The molecule has 8 rings (SSSR count). The molecule has 1 unspecified atom stereocenters. The largest absolute Gasteiger partial charge is 0.685 e. The van der Waals surface area contributed by atoms with Crippen LogP contribution in [0.4, 0.5) is 0 Å². The Hall–Kier alpha value is -7.71. The number of amides is 7. The monoisotopic (exact) mass is 1350 g/mol. The number of carbonyl (C=O) groups is 7. The number of aliphatic hydroxyl groups excluding tert-OH is 2. The maximum Gasteiger partial charge on any atom is 0.473 e. The molecule has 1 aromatic carbocycles. The molecule has 28 nitrogen and oxygen atoms in total. The summed E-state index contributed by atoms with van der Waals surface area (Å²) in [6.07, 6.45) is -2.35. The number of nitrogens with two attached hydrogens (primary N) is 6. The van der Waals surface area contributed by atoms with Gasteiger partial charge in [0.05, 0.1) is 23.7 Å². The molecule has 2 aromatic rings. The average Bonchev–Trinajstić information content (AvgIpc) is 1.53. The minimum atomic E-state index is -5.10. The van der Waals surface area contributed by atoms with Gasteiger partial charge >= 0.3 is 7.82 Å². The van der Waals surface area contributed by atoms with E-state index < -0.39 is 131 Å². The summed E-state index contributed by atoms with van der Waals surface area (Å²) in [5, 5.41) is 52.6. The van der Waals surface area contributed by atoms with Crippen molar-refractivity contribution < 1.29 is 83.8 Å². The third-order valence-corrected chi connectivity index (χ3v) is 21.0. The Labute approximate surface area is 551 Å². The number of nitrogens with zero attached hydrogens (tertiary/aromatic N) is 7. The van der Waals surface area contributed by atoms with Crippen LogP contribution in [0.3, 0.4) is 0 Å². The van der Waals surface area contributed by atoms with Gasteiger partial charge < -0.3 is 92.7 Å². The van der Waals surface area contributed by atoms with Crippen molar-refractivity contribution in [3.8, 4) is 0 Å². The van der Waals surface area contributed by atoms with E-state index in [9.17, 15) is 53.2 Å². The van der Waals surface area contributed by atoms with E-state index >= 15 is 0 Å². The predicted molar refractivity (Wildman–Crippen MR) is 338 cm³/mol. The van der Waals surface area contributed by atoms with Crippen LogP contribution in [0.5, 0.6) is 0 Å². The number of hydrogen-bond acceptors (Lipinski definition) is 15. The first-order valence-electron chi connectivity index (χ1n) is 30.4. The average molecular weight is 1350 g/mol. The van der Waals surface area contributed by atoms with Crippen LogP contribution in [0, 0.1) is 59.2 Å². The summed E-state index contributed by atoms with van der Waals surface area (Å²) < 4.78 is 31.9. The van der Waals surface area contributed by atoms with Gasteiger partial charge in [-0.05, 0) is 112 Å². The number of imidazole rings is 1. The zero-order valence-corrected chi connectivity index (χ0v) is 56.2. The molecule has 2 saturated heterocycles. The summed E-state index contributed by atoms with van der Waals surface area (Å²) in [7, 11) is -5.10. The number of aromatic nitrogens is 2. The van der Waals surface area contributed by atoms with Crippen LogP contribution >= 0.6 is 7.82 Å². The van der Waals surface area contributed by atoms with Gasteiger partial charge in [-0.3, -0.25) is 47.2 Å². The third kappa shape index (κ3) is 14.4. The first kappa shape index (κ1) is 74.3. The third-order valence-electron chi connectivity index (χ3n) is 19.9. The Bertz CT molecular complexity index is 3650. The molecule has 7 amide bonds. The number of phosphoric acid groups is 1. The zero-order chi connectivity index (χ0) is 68.7. The molecule has 1 radical (unpaired) electrons. The van der Waals surface area contributed by atoms with Crippen LogP contribution in [0.15, 0.2) is 81.1 Å². The Morgan fingerprint density at radius 1 is 0.828 bits per heavy atom. The number of aryl methyl sites for hydroxylation is 2. The topological polar surface area (TPSA) is 491 Å². The van der Waals surface area contributed by atoms with Crippen LogP contribution in [0.1, 0.15) is 144 Å². The van der Waals surface area contributed by atoms with Crippen LogP contribution in [0.25, 0.3) is 38.2 Å². The van der Waals surface area contributed by atoms with Gasteiger partial charge in [-0.15, -0.1) is 34.2 Å². The number of nitrogens with one attached hydrogen (secondary N) is 1. The van der Waals surface area contributed by atoms with Crippen LogP contribution in [-0.2, 0) is 68.7 Å². The second-order valence-corrected chi connectivity index (χ2v) is 27.8. The number of hydrogen-bond donors (Lipinski definition) is 10. The Morgan fingerprint density at radius 2 is 1.43 bits per heavy atom. The number of fused-ring (bicyclic) bond motifs is 10. The van der Waals surface area contributed by atoms with Crippen molar-refractivity contribution in [3.63, 3.8) is 0 Å². The number of aliphatic hydroxyl groups is 2. The van der Waals surface area contributed by atoms with E-state index in [0.29, 0.717) is 61.8 Å². The molecule has 93 heavy (non-hydrogen) atoms. The molecule has 1 aromatic heterocycles. The quantitative estimate of drug-likeness (QED) is 0.0364. The van der Waals surface area contributed by atoms with Crippen molar-refractivity contribution in [3.05, 3.63) is 120 Å². The molecule has 16 N–H and O–H groups in total. The van der Waals surface area contributed by atoms with Gasteiger partial charge in [-0.1, -0.05) is 70.4 Å². The van der Waals surface area contributed by atoms with Gasteiger partial charge in [0, 0.05) is 73.7 Å². The molecule has 0 saturated carbocycles. The first-order chi connectivity index (χ1) is 42.8. The fourth-order valence-electron chi connectivity index (χ4n) is 14.7. The van der Waals surface area contributed by atoms with Crippen molar-refractivity contribution in [1.29, 1.82) is 5.26 Å². The Kier molecular flexibility index (Phi) is 22.4. The van der Waals surface area contributed by atoms with E-state index in [2.05, 4.69) is 10.3 Å². The predicted octanol–water partition coefficient (Wildman–Crippen LogP) is 6.31. The minimum absolute atomic E-state index is 0. The smallest absolute Gasteiger partial charge is 0.473 e. The molecule has 511 valence electrons. The molecule has 12 atom stereocenters. The van der Waals surface area contributed by atoms with E-state index in [0.717, 1.165) is 11.1 Å². The van der Waals surface area contributed by atoms with Gasteiger partial charge in [0.1, 0.15) is 6.33 Å². The molecule has 30 heteroatoms. The normalized spacial score (nSPS) is 30.7. The second kappa shape index (κ2) is 28.1. The molecule has 7 heterocycles.